The average Bonchev–Trinajstić information content (AvgIpc) is 3.26. The Morgan fingerprint density at radius 1 is 0.970 bits per heavy atom. The molecular formula is C26H18BrN3O2S. The van der Waals surface area contributed by atoms with Crippen molar-refractivity contribution in [1.82, 2.24) is 10.3 Å². The van der Waals surface area contributed by atoms with Gasteiger partial charge in [0.25, 0.3) is 5.91 Å². The zero-order valence-electron chi connectivity index (χ0n) is 17.3. The summed E-state index contributed by atoms with van der Waals surface area (Å²) in [4.78, 5) is 29.5. The molecule has 5 nitrogen and oxygen atoms in total. The summed E-state index contributed by atoms with van der Waals surface area (Å²) in [6.45, 7) is 0.413. The van der Waals surface area contributed by atoms with E-state index in [4.69, 9.17) is 0 Å². The fourth-order valence-corrected chi connectivity index (χ4v) is 4.48. The van der Waals surface area contributed by atoms with Gasteiger partial charge in [-0.2, -0.15) is 5.26 Å². The number of nitrogens with zero attached hydrogens (tertiary/aromatic N) is 1. The van der Waals surface area contributed by atoms with Crippen LogP contribution in [0.25, 0.3) is 0 Å². The molecule has 1 heterocycles. The Bertz CT molecular complexity index is 1340. The summed E-state index contributed by atoms with van der Waals surface area (Å²) in [5.74, 6) is -0.419. The quantitative estimate of drug-likeness (QED) is 0.297. The summed E-state index contributed by atoms with van der Waals surface area (Å²) >= 11 is 4.61. The number of carbonyl (C=O) groups is 2. The molecule has 0 saturated heterocycles. The second-order valence-corrected chi connectivity index (χ2v) is 9.11. The maximum absolute atomic E-state index is 12.9. The first-order chi connectivity index (χ1) is 16.0. The molecule has 0 spiro atoms. The maximum Gasteiger partial charge on any atom is 0.252 e. The van der Waals surface area contributed by atoms with E-state index in [-0.39, 0.29) is 11.7 Å². The number of benzene rings is 3. The number of rotatable bonds is 7. The van der Waals surface area contributed by atoms with Gasteiger partial charge in [0, 0.05) is 21.5 Å². The first-order valence-corrected chi connectivity index (χ1v) is 11.7. The summed E-state index contributed by atoms with van der Waals surface area (Å²) in [7, 11) is 0. The van der Waals surface area contributed by atoms with Gasteiger partial charge in [0.1, 0.15) is 6.07 Å². The minimum Gasteiger partial charge on any atom is -0.348 e. The molecular weight excluding hydrogens is 498 g/mol. The van der Waals surface area contributed by atoms with Crippen LogP contribution in [0.4, 0.5) is 0 Å². The highest BCUT2D eigenvalue weighted by molar-refractivity contribution is 9.10. The molecule has 162 valence electrons. The zero-order valence-corrected chi connectivity index (χ0v) is 19.7. The van der Waals surface area contributed by atoms with Crippen molar-refractivity contribution in [2.45, 2.75) is 16.5 Å². The predicted molar refractivity (Wildman–Crippen MR) is 131 cm³/mol. The highest BCUT2D eigenvalue weighted by Gasteiger charge is 2.19. The summed E-state index contributed by atoms with van der Waals surface area (Å²) < 4.78 is 0.877. The fourth-order valence-electron chi connectivity index (χ4n) is 3.20. The van der Waals surface area contributed by atoms with E-state index >= 15 is 0 Å². The number of nitrogens with one attached hydrogen (secondary N) is 2. The topological polar surface area (TPSA) is 85.8 Å². The Hall–Kier alpha value is -3.60. The van der Waals surface area contributed by atoms with Crippen molar-refractivity contribution in [3.8, 4) is 6.07 Å². The number of nitriles is 1. The van der Waals surface area contributed by atoms with Crippen molar-refractivity contribution in [2.24, 2.45) is 0 Å². The standard InChI is InChI=1S/C26H18BrN3O2S/c27-20-12-10-18(11-13-20)24(31)22-14-19(15-28)26(30-22)33-23-9-5-4-8-21(23)25(32)29-16-17-6-2-1-3-7-17/h1-14,30H,16H2,(H,29,32). The number of halogens is 1. The Kier molecular flexibility index (Phi) is 7.08. The van der Waals surface area contributed by atoms with Crippen LogP contribution in [0.15, 0.2) is 99.3 Å². The van der Waals surface area contributed by atoms with Crippen LogP contribution in [-0.4, -0.2) is 16.7 Å². The van der Waals surface area contributed by atoms with Gasteiger partial charge >= 0.3 is 0 Å². The van der Waals surface area contributed by atoms with E-state index in [2.05, 4.69) is 32.3 Å². The lowest BCUT2D eigenvalue weighted by Crippen LogP contribution is -2.23. The molecule has 33 heavy (non-hydrogen) atoms. The third-order valence-corrected chi connectivity index (χ3v) is 6.52. The van der Waals surface area contributed by atoms with Crippen molar-refractivity contribution in [1.29, 1.82) is 5.26 Å². The highest BCUT2D eigenvalue weighted by atomic mass is 79.9. The van der Waals surface area contributed by atoms with Crippen molar-refractivity contribution in [3.63, 3.8) is 0 Å². The van der Waals surface area contributed by atoms with Gasteiger partial charge in [-0.1, -0.05) is 70.2 Å². The monoisotopic (exact) mass is 515 g/mol. The van der Waals surface area contributed by atoms with Crippen molar-refractivity contribution in [2.75, 3.05) is 0 Å². The molecule has 7 heteroatoms. The Labute approximate surface area is 204 Å². The predicted octanol–water partition coefficient (Wildman–Crippen LogP) is 5.96. The molecule has 0 aliphatic heterocycles. The number of hydrogen-bond acceptors (Lipinski definition) is 4. The highest BCUT2D eigenvalue weighted by Crippen LogP contribution is 2.33. The smallest absolute Gasteiger partial charge is 0.252 e. The molecule has 0 aliphatic rings. The molecule has 1 amide bonds. The average molecular weight is 516 g/mol. The number of carbonyl (C=O) groups excluding carboxylic acids is 2. The molecule has 2 N–H and O–H groups in total. The van der Waals surface area contributed by atoms with Gasteiger partial charge < -0.3 is 10.3 Å². The molecule has 4 aromatic rings. The molecule has 0 atom stereocenters. The minimum absolute atomic E-state index is 0.209. The Morgan fingerprint density at radius 2 is 1.67 bits per heavy atom. The normalized spacial score (nSPS) is 10.4. The van der Waals surface area contributed by atoms with Crippen LogP contribution >= 0.6 is 27.7 Å². The van der Waals surface area contributed by atoms with Crippen molar-refractivity contribution in [3.05, 3.63) is 117 Å². The SMILES string of the molecule is N#Cc1cc(C(=O)c2ccc(Br)cc2)[nH]c1Sc1ccccc1C(=O)NCc1ccccc1. The van der Waals surface area contributed by atoms with Gasteiger partial charge in [-0.05, 0) is 48.0 Å². The van der Waals surface area contributed by atoms with Gasteiger partial charge in [0.05, 0.1) is 21.8 Å². The van der Waals surface area contributed by atoms with E-state index in [1.165, 1.54) is 11.8 Å². The lowest BCUT2D eigenvalue weighted by atomic mass is 10.1. The number of H-pyrrole nitrogens is 1. The number of ketones is 1. The van der Waals surface area contributed by atoms with Gasteiger partial charge in [-0.25, -0.2) is 0 Å². The van der Waals surface area contributed by atoms with Crippen LogP contribution in [0.1, 0.15) is 37.5 Å². The minimum atomic E-state index is -0.210. The molecule has 0 saturated carbocycles. The van der Waals surface area contributed by atoms with Crippen LogP contribution in [0.3, 0.4) is 0 Å². The number of aromatic nitrogens is 1. The van der Waals surface area contributed by atoms with Gasteiger partial charge in [0.15, 0.2) is 0 Å². The van der Waals surface area contributed by atoms with E-state index in [1.807, 2.05) is 42.5 Å². The van der Waals surface area contributed by atoms with Crippen molar-refractivity contribution < 1.29 is 9.59 Å². The first kappa shape index (κ1) is 22.6. The van der Waals surface area contributed by atoms with E-state index in [1.54, 1.807) is 42.5 Å². The maximum atomic E-state index is 12.9. The summed E-state index contributed by atoms with van der Waals surface area (Å²) in [6, 6.07) is 27.6. The molecule has 3 aromatic carbocycles. The second-order valence-electron chi connectivity index (χ2n) is 7.14. The Morgan fingerprint density at radius 3 is 2.39 bits per heavy atom. The van der Waals surface area contributed by atoms with E-state index in [0.29, 0.717) is 38.9 Å². The van der Waals surface area contributed by atoms with Crippen LogP contribution in [0.5, 0.6) is 0 Å². The fraction of sp³-hybridized carbons (Fsp3) is 0.0385. The van der Waals surface area contributed by atoms with Crippen LogP contribution in [0.2, 0.25) is 0 Å². The molecule has 0 fully saturated rings. The zero-order chi connectivity index (χ0) is 23.2. The van der Waals surface area contributed by atoms with Gasteiger partial charge in [-0.15, -0.1) is 0 Å². The number of hydrogen-bond donors (Lipinski definition) is 2. The third-order valence-electron chi connectivity index (χ3n) is 4.89. The summed E-state index contributed by atoms with van der Waals surface area (Å²) in [5.41, 5.74) is 2.68. The molecule has 0 bridgehead atoms. The summed E-state index contributed by atoms with van der Waals surface area (Å²) in [6.07, 6.45) is 0. The van der Waals surface area contributed by atoms with Crippen LogP contribution in [0, 0.1) is 11.3 Å². The third kappa shape index (κ3) is 5.43. The lowest BCUT2D eigenvalue weighted by molar-refractivity contribution is 0.0947. The second kappa shape index (κ2) is 10.3. The van der Waals surface area contributed by atoms with Crippen molar-refractivity contribution >= 4 is 39.4 Å². The first-order valence-electron chi connectivity index (χ1n) is 10.1. The molecule has 4 rings (SSSR count). The lowest BCUT2D eigenvalue weighted by Gasteiger charge is -2.10. The largest absolute Gasteiger partial charge is 0.348 e. The van der Waals surface area contributed by atoms with E-state index in [9.17, 15) is 14.9 Å². The molecule has 0 unspecified atom stereocenters. The van der Waals surface area contributed by atoms with Gasteiger partial charge in [0.2, 0.25) is 5.78 Å². The van der Waals surface area contributed by atoms with Gasteiger partial charge in [-0.3, -0.25) is 9.59 Å². The number of aromatic amines is 1. The molecule has 0 aliphatic carbocycles. The van der Waals surface area contributed by atoms with E-state index in [0.717, 1.165) is 10.0 Å². The Balaban J connectivity index is 1.56. The van der Waals surface area contributed by atoms with Crippen LogP contribution in [-0.2, 0) is 6.54 Å². The van der Waals surface area contributed by atoms with E-state index < -0.39 is 0 Å². The number of amides is 1. The molecule has 0 radical (unpaired) electrons. The summed E-state index contributed by atoms with van der Waals surface area (Å²) in [5, 5.41) is 13.1. The van der Waals surface area contributed by atoms with Crippen LogP contribution < -0.4 is 5.32 Å². The molecule has 1 aromatic heterocycles.